The lowest BCUT2D eigenvalue weighted by Crippen LogP contribution is -2.34. The number of hydrogen-bond acceptors (Lipinski definition) is 7. The van der Waals surface area contributed by atoms with Gasteiger partial charge in [-0.15, -0.1) is 0 Å². The van der Waals surface area contributed by atoms with E-state index in [1.807, 2.05) is 78.1 Å². The highest BCUT2D eigenvalue weighted by Crippen LogP contribution is 2.39. The number of nitrogens with zero attached hydrogens (tertiary/aromatic N) is 4. The van der Waals surface area contributed by atoms with Crippen molar-refractivity contribution in [3.8, 4) is 16.9 Å². The Bertz CT molecular complexity index is 1980. The number of para-hydroxylation sites is 1. The van der Waals surface area contributed by atoms with Gasteiger partial charge in [-0.05, 0) is 83.7 Å². The molecule has 5 rings (SSSR count). The third-order valence-electron chi connectivity index (χ3n) is 9.07. The van der Waals surface area contributed by atoms with Crippen LogP contribution in [0, 0.1) is 6.92 Å². The number of carbonyl (C=O) groups is 2. The highest BCUT2D eigenvalue weighted by atomic mass is 16.6. The van der Waals surface area contributed by atoms with Gasteiger partial charge in [0, 0.05) is 49.1 Å². The number of ether oxygens (including phenoxy) is 3. The van der Waals surface area contributed by atoms with Crippen LogP contribution < -0.4 is 4.74 Å². The van der Waals surface area contributed by atoms with Crippen LogP contribution in [0.25, 0.3) is 32.8 Å². The van der Waals surface area contributed by atoms with E-state index in [1.54, 1.807) is 16.6 Å². The van der Waals surface area contributed by atoms with E-state index in [0.29, 0.717) is 43.9 Å². The second-order valence-electron chi connectivity index (χ2n) is 14.0. The number of amides is 1. The Morgan fingerprint density at radius 2 is 1.67 bits per heavy atom. The molecule has 0 unspecified atom stereocenters. The average Bonchev–Trinajstić information content (AvgIpc) is 3.57. The Hall–Kier alpha value is -4.83. The fourth-order valence-corrected chi connectivity index (χ4v) is 6.81. The quantitative estimate of drug-likeness (QED) is 0.0868. The first kappa shape index (κ1) is 37.4. The van der Waals surface area contributed by atoms with Crippen molar-refractivity contribution in [3.05, 3.63) is 83.3 Å². The summed E-state index contributed by atoms with van der Waals surface area (Å²) in [5.74, 6) is 0.476. The lowest BCUT2D eigenvalue weighted by Gasteiger charge is -2.24. The second-order valence-corrected chi connectivity index (χ2v) is 14.0. The van der Waals surface area contributed by atoms with E-state index >= 15 is 0 Å². The van der Waals surface area contributed by atoms with Crippen LogP contribution in [0.3, 0.4) is 0 Å². The van der Waals surface area contributed by atoms with Crippen LogP contribution in [0.5, 0.6) is 5.75 Å². The number of hydrogen-bond donors (Lipinski definition) is 1. The van der Waals surface area contributed by atoms with E-state index in [2.05, 4.69) is 33.9 Å². The number of aliphatic hydroxyl groups is 1. The summed E-state index contributed by atoms with van der Waals surface area (Å²) in [6.07, 6.45) is 3.34. The van der Waals surface area contributed by atoms with Gasteiger partial charge < -0.3 is 28.8 Å². The molecule has 0 fully saturated rings. The topological polar surface area (TPSA) is 108 Å². The third kappa shape index (κ3) is 8.56. The molecule has 0 radical (unpaired) electrons. The largest absolute Gasteiger partial charge is 0.493 e. The van der Waals surface area contributed by atoms with Crippen LogP contribution in [0.4, 0.5) is 4.79 Å². The van der Waals surface area contributed by atoms with E-state index in [0.717, 1.165) is 69.1 Å². The van der Waals surface area contributed by atoms with Gasteiger partial charge >= 0.3 is 12.1 Å². The molecule has 0 aliphatic heterocycles. The number of carbonyl (C=O) groups excluding carboxylic acids is 2. The molecule has 2 aromatic heterocycles. The fraction of sp³-hybridized carbons (Fsp3) is 0.439. The molecule has 0 atom stereocenters. The van der Waals surface area contributed by atoms with Crippen molar-refractivity contribution in [2.24, 2.45) is 7.05 Å². The first-order valence-corrected chi connectivity index (χ1v) is 17.9. The van der Waals surface area contributed by atoms with Gasteiger partial charge in [0.1, 0.15) is 17.0 Å². The van der Waals surface area contributed by atoms with Gasteiger partial charge in [-0.1, -0.05) is 54.6 Å². The van der Waals surface area contributed by atoms with E-state index in [1.165, 1.54) is 0 Å². The highest BCUT2D eigenvalue weighted by Gasteiger charge is 2.27. The lowest BCUT2D eigenvalue weighted by atomic mass is 9.98. The molecule has 0 aliphatic carbocycles. The van der Waals surface area contributed by atoms with Gasteiger partial charge in [0.05, 0.1) is 36.7 Å². The maximum atomic E-state index is 13.9. The van der Waals surface area contributed by atoms with Gasteiger partial charge in [-0.3, -0.25) is 4.68 Å². The van der Waals surface area contributed by atoms with Gasteiger partial charge in [-0.2, -0.15) is 5.10 Å². The number of aliphatic hydroxyl groups excluding tert-OH is 1. The van der Waals surface area contributed by atoms with E-state index in [9.17, 15) is 14.7 Å². The molecule has 2 heterocycles. The zero-order valence-electron chi connectivity index (χ0n) is 31.1. The molecule has 10 nitrogen and oxygen atoms in total. The van der Waals surface area contributed by atoms with Crippen LogP contribution >= 0.6 is 0 Å². The van der Waals surface area contributed by atoms with Crippen molar-refractivity contribution in [1.82, 2.24) is 19.2 Å². The Morgan fingerprint density at radius 3 is 2.41 bits per heavy atom. The number of unbranched alkanes of at least 4 members (excludes halogenated alkanes) is 2. The zero-order valence-corrected chi connectivity index (χ0v) is 31.1. The van der Waals surface area contributed by atoms with Gasteiger partial charge in [0.15, 0.2) is 0 Å². The van der Waals surface area contributed by atoms with E-state index in [-0.39, 0.29) is 25.3 Å². The minimum atomic E-state index is -0.551. The zero-order chi connectivity index (χ0) is 36.7. The Labute approximate surface area is 300 Å². The first-order valence-electron chi connectivity index (χ1n) is 17.9. The number of benzene rings is 3. The van der Waals surface area contributed by atoms with Crippen LogP contribution in [0.15, 0.2) is 60.7 Å². The molecule has 1 N–H and O–H groups in total. The SMILES string of the molecule is CCOC(=O)c1c(CCCOc2cccc3ccccc23)c2cccc(-c3c(C)nn(C)c3CO)c2n1CCCCCN(C)C(=O)OC(C)(C)C. The van der Waals surface area contributed by atoms with Crippen molar-refractivity contribution >= 4 is 33.7 Å². The molecule has 3 aromatic carbocycles. The minimum Gasteiger partial charge on any atom is -0.493 e. The predicted octanol–water partition coefficient (Wildman–Crippen LogP) is 8.22. The molecule has 0 spiro atoms. The third-order valence-corrected chi connectivity index (χ3v) is 9.07. The Kier molecular flexibility index (Phi) is 12.1. The van der Waals surface area contributed by atoms with Crippen LogP contribution in [-0.4, -0.2) is 68.8 Å². The standard InChI is InChI=1S/C41H52N4O6/c1-8-49-39(47)38-32(22-16-26-50-35-23-14-18-29-17-10-11-19-30(29)35)31-20-15-21-33(36-28(2)42-44(7)34(36)27-46)37(31)45(38)25-13-9-12-24-43(6)40(48)51-41(3,4)5/h10-11,14-15,17-21,23,46H,8-9,12-13,16,22,24-27H2,1-7H3. The van der Waals surface area contributed by atoms with Crippen LogP contribution in [0.2, 0.25) is 0 Å². The van der Waals surface area contributed by atoms with Crippen molar-refractivity contribution < 1.29 is 28.9 Å². The molecular weight excluding hydrogens is 644 g/mol. The normalized spacial score (nSPS) is 11.7. The molecule has 0 saturated carbocycles. The molecule has 0 aliphatic rings. The predicted molar refractivity (Wildman–Crippen MR) is 201 cm³/mol. The number of rotatable bonds is 15. The van der Waals surface area contributed by atoms with Crippen LogP contribution in [-0.2, 0) is 36.1 Å². The Morgan fingerprint density at radius 1 is 0.941 bits per heavy atom. The lowest BCUT2D eigenvalue weighted by molar-refractivity contribution is 0.0295. The molecule has 0 bridgehead atoms. The summed E-state index contributed by atoms with van der Waals surface area (Å²) in [5.41, 5.74) is 5.12. The summed E-state index contributed by atoms with van der Waals surface area (Å²) in [4.78, 5) is 28.0. The molecule has 10 heteroatoms. The van der Waals surface area contributed by atoms with Crippen molar-refractivity contribution in [2.75, 3.05) is 26.8 Å². The summed E-state index contributed by atoms with van der Waals surface area (Å²) in [6, 6.07) is 20.4. The maximum Gasteiger partial charge on any atom is 0.410 e. The molecule has 5 aromatic rings. The van der Waals surface area contributed by atoms with E-state index < -0.39 is 5.60 Å². The molecule has 0 saturated heterocycles. The minimum absolute atomic E-state index is 0.169. The summed E-state index contributed by atoms with van der Waals surface area (Å²) >= 11 is 0. The second kappa shape index (κ2) is 16.5. The monoisotopic (exact) mass is 696 g/mol. The smallest absolute Gasteiger partial charge is 0.410 e. The summed E-state index contributed by atoms with van der Waals surface area (Å²) in [5, 5.41) is 18.2. The first-order chi connectivity index (χ1) is 24.4. The molecular formula is C41H52N4O6. The average molecular weight is 697 g/mol. The van der Waals surface area contributed by atoms with Crippen molar-refractivity contribution in [1.29, 1.82) is 0 Å². The highest BCUT2D eigenvalue weighted by molar-refractivity contribution is 6.05. The van der Waals surface area contributed by atoms with Crippen molar-refractivity contribution in [3.63, 3.8) is 0 Å². The van der Waals surface area contributed by atoms with Gasteiger partial charge in [0.2, 0.25) is 0 Å². The van der Waals surface area contributed by atoms with Crippen molar-refractivity contribution in [2.45, 2.75) is 85.5 Å². The van der Waals surface area contributed by atoms with E-state index in [4.69, 9.17) is 14.2 Å². The van der Waals surface area contributed by atoms with Gasteiger partial charge in [-0.25, -0.2) is 9.59 Å². The molecule has 1 amide bonds. The number of aryl methyl sites for hydroxylation is 4. The number of fused-ring (bicyclic) bond motifs is 2. The summed E-state index contributed by atoms with van der Waals surface area (Å²) in [7, 11) is 3.59. The molecule has 51 heavy (non-hydrogen) atoms. The fourth-order valence-electron chi connectivity index (χ4n) is 6.81. The number of esters is 1. The number of aromatic nitrogens is 3. The van der Waals surface area contributed by atoms with Gasteiger partial charge in [0.25, 0.3) is 0 Å². The summed E-state index contributed by atoms with van der Waals surface area (Å²) < 4.78 is 21.3. The molecule has 272 valence electrons. The summed E-state index contributed by atoms with van der Waals surface area (Å²) in [6.45, 7) is 11.0. The van der Waals surface area contributed by atoms with Crippen LogP contribution in [0.1, 0.15) is 80.8 Å². The Balaban J connectivity index is 1.47. The maximum absolute atomic E-state index is 13.9.